The highest BCUT2D eigenvalue weighted by Gasteiger charge is 2.16. The molecule has 174 valence electrons. The largest absolute Gasteiger partial charge is 0.444 e. The van der Waals surface area contributed by atoms with Gasteiger partial charge in [0.05, 0.1) is 6.54 Å². The molecule has 33 heavy (non-hydrogen) atoms. The molecular weight excluding hydrogens is 418 g/mol. The van der Waals surface area contributed by atoms with E-state index in [-0.39, 0.29) is 0 Å². The Bertz CT molecular complexity index is 1050. The lowest BCUT2D eigenvalue weighted by molar-refractivity contribution is 0.0636. The Morgan fingerprint density at radius 3 is 2.45 bits per heavy atom. The summed E-state index contributed by atoms with van der Waals surface area (Å²) >= 11 is 0. The Hall–Kier alpha value is -3.88. The SMILES string of the molecule is CN=C(NCCc1ccc(NC(=O)OC(C)(C)C)cc1)NCc1nncn1-c1ccccc1. The fourth-order valence-electron chi connectivity index (χ4n) is 3.07. The number of anilines is 1. The molecule has 0 aliphatic rings. The maximum Gasteiger partial charge on any atom is 0.412 e. The number of carbonyl (C=O) groups excluding carboxylic acids is 1. The minimum atomic E-state index is -0.528. The van der Waals surface area contributed by atoms with Gasteiger partial charge in [-0.1, -0.05) is 30.3 Å². The van der Waals surface area contributed by atoms with Crippen LogP contribution in [-0.4, -0.2) is 46.0 Å². The molecule has 9 heteroatoms. The third kappa shape index (κ3) is 7.64. The molecule has 0 spiro atoms. The summed E-state index contributed by atoms with van der Waals surface area (Å²) in [6.45, 7) is 6.68. The highest BCUT2D eigenvalue weighted by molar-refractivity contribution is 5.84. The van der Waals surface area contributed by atoms with E-state index >= 15 is 0 Å². The molecule has 3 aromatic rings. The zero-order valence-electron chi connectivity index (χ0n) is 19.5. The third-order valence-corrected chi connectivity index (χ3v) is 4.60. The summed E-state index contributed by atoms with van der Waals surface area (Å²) in [6, 6.07) is 17.6. The first-order valence-corrected chi connectivity index (χ1v) is 10.8. The predicted octanol–water partition coefficient (Wildman–Crippen LogP) is 3.52. The smallest absolute Gasteiger partial charge is 0.412 e. The van der Waals surface area contributed by atoms with Gasteiger partial charge < -0.3 is 15.4 Å². The average molecular weight is 450 g/mol. The fraction of sp³-hybridized carbons (Fsp3) is 0.333. The van der Waals surface area contributed by atoms with Crippen molar-refractivity contribution in [2.24, 2.45) is 4.99 Å². The molecule has 0 fully saturated rings. The van der Waals surface area contributed by atoms with Gasteiger partial charge in [-0.2, -0.15) is 0 Å². The summed E-state index contributed by atoms with van der Waals surface area (Å²) in [6.07, 6.45) is 2.03. The Labute approximate surface area is 194 Å². The molecule has 9 nitrogen and oxygen atoms in total. The second-order valence-electron chi connectivity index (χ2n) is 8.38. The Morgan fingerprint density at radius 2 is 1.79 bits per heavy atom. The van der Waals surface area contributed by atoms with Gasteiger partial charge in [0, 0.05) is 25.0 Å². The highest BCUT2D eigenvalue weighted by Crippen LogP contribution is 2.13. The zero-order chi connectivity index (χ0) is 23.7. The third-order valence-electron chi connectivity index (χ3n) is 4.60. The summed E-state index contributed by atoms with van der Waals surface area (Å²) in [4.78, 5) is 16.1. The molecule has 3 N–H and O–H groups in total. The molecule has 0 saturated heterocycles. The Balaban J connectivity index is 1.45. The molecule has 1 aromatic heterocycles. The van der Waals surface area contributed by atoms with Crippen molar-refractivity contribution < 1.29 is 9.53 Å². The molecule has 1 heterocycles. The molecule has 0 saturated carbocycles. The van der Waals surface area contributed by atoms with E-state index in [0.29, 0.717) is 24.7 Å². The van der Waals surface area contributed by atoms with Crippen LogP contribution >= 0.6 is 0 Å². The van der Waals surface area contributed by atoms with Gasteiger partial charge in [-0.05, 0) is 57.0 Å². The lowest BCUT2D eigenvalue weighted by Crippen LogP contribution is -2.38. The van der Waals surface area contributed by atoms with Crippen LogP contribution in [0.3, 0.4) is 0 Å². The average Bonchev–Trinajstić information content (AvgIpc) is 3.25. The van der Waals surface area contributed by atoms with Crippen molar-refractivity contribution in [1.29, 1.82) is 0 Å². The van der Waals surface area contributed by atoms with E-state index in [0.717, 1.165) is 23.5 Å². The molecule has 1 amide bonds. The van der Waals surface area contributed by atoms with Gasteiger partial charge >= 0.3 is 6.09 Å². The van der Waals surface area contributed by atoms with Gasteiger partial charge in [0.2, 0.25) is 0 Å². The van der Waals surface area contributed by atoms with Crippen LogP contribution in [0.2, 0.25) is 0 Å². The minimum Gasteiger partial charge on any atom is -0.444 e. The first-order valence-electron chi connectivity index (χ1n) is 10.8. The summed E-state index contributed by atoms with van der Waals surface area (Å²) < 4.78 is 7.21. The van der Waals surface area contributed by atoms with Crippen LogP contribution in [0, 0.1) is 0 Å². The number of nitrogens with one attached hydrogen (secondary N) is 3. The van der Waals surface area contributed by atoms with E-state index in [2.05, 4.69) is 31.1 Å². The van der Waals surface area contributed by atoms with Crippen molar-refractivity contribution in [3.05, 3.63) is 72.3 Å². The van der Waals surface area contributed by atoms with Gasteiger partial charge in [-0.15, -0.1) is 10.2 Å². The number of hydrogen-bond acceptors (Lipinski definition) is 5. The fourth-order valence-corrected chi connectivity index (χ4v) is 3.07. The number of rotatable bonds is 7. The van der Waals surface area contributed by atoms with Crippen LogP contribution in [0.25, 0.3) is 5.69 Å². The predicted molar refractivity (Wildman–Crippen MR) is 130 cm³/mol. The van der Waals surface area contributed by atoms with Gasteiger partial charge in [0.15, 0.2) is 11.8 Å². The molecule has 0 aliphatic carbocycles. The maximum atomic E-state index is 11.9. The topological polar surface area (TPSA) is 105 Å². The second-order valence-corrected chi connectivity index (χ2v) is 8.38. The van der Waals surface area contributed by atoms with E-state index in [1.807, 2.05) is 79.9 Å². The molecule has 0 aliphatic heterocycles. The molecule has 0 radical (unpaired) electrons. The maximum absolute atomic E-state index is 11.9. The van der Waals surface area contributed by atoms with Crippen molar-refractivity contribution in [2.75, 3.05) is 18.9 Å². The van der Waals surface area contributed by atoms with Gasteiger partial charge in [-0.25, -0.2) is 4.79 Å². The van der Waals surface area contributed by atoms with E-state index in [1.165, 1.54) is 0 Å². The van der Waals surface area contributed by atoms with E-state index in [4.69, 9.17) is 4.74 Å². The van der Waals surface area contributed by atoms with E-state index in [9.17, 15) is 4.79 Å². The van der Waals surface area contributed by atoms with Crippen molar-refractivity contribution in [2.45, 2.75) is 39.3 Å². The van der Waals surface area contributed by atoms with Gasteiger partial charge in [0.25, 0.3) is 0 Å². The minimum absolute atomic E-state index is 0.463. The van der Waals surface area contributed by atoms with Crippen LogP contribution < -0.4 is 16.0 Å². The van der Waals surface area contributed by atoms with Crippen molar-refractivity contribution in [3.63, 3.8) is 0 Å². The lowest BCUT2D eigenvalue weighted by atomic mass is 10.1. The number of para-hydroxylation sites is 1. The van der Waals surface area contributed by atoms with Gasteiger partial charge in [-0.3, -0.25) is 14.9 Å². The standard InChI is InChI=1S/C24H31N7O2/c1-24(2,3)33-23(32)29-19-12-10-18(11-13-19)14-15-26-22(25-4)27-16-21-30-28-17-31(21)20-8-6-5-7-9-20/h5-13,17H,14-16H2,1-4H3,(H,29,32)(H2,25,26,27). The number of aliphatic imine (C=N–C) groups is 1. The molecule has 0 unspecified atom stereocenters. The van der Waals surface area contributed by atoms with Crippen LogP contribution in [0.15, 0.2) is 65.9 Å². The van der Waals surface area contributed by atoms with E-state index in [1.54, 1.807) is 13.4 Å². The summed E-state index contributed by atoms with van der Waals surface area (Å²) in [5, 5.41) is 17.5. The Morgan fingerprint density at radius 1 is 1.06 bits per heavy atom. The normalized spacial score (nSPS) is 11.7. The van der Waals surface area contributed by atoms with Gasteiger partial charge in [0.1, 0.15) is 11.9 Å². The number of amides is 1. The number of nitrogens with zero attached hydrogens (tertiary/aromatic N) is 4. The lowest BCUT2D eigenvalue weighted by Gasteiger charge is -2.19. The zero-order valence-corrected chi connectivity index (χ0v) is 19.5. The number of hydrogen-bond donors (Lipinski definition) is 3. The number of ether oxygens (including phenoxy) is 1. The number of aromatic nitrogens is 3. The summed E-state index contributed by atoms with van der Waals surface area (Å²) in [5.74, 6) is 1.47. The molecule has 2 aromatic carbocycles. The monoisotopic (exact) mass is 449 g/mol. The van der Waals surface area contributed by atoms with E-state index < -0.39 is 11.7 Å². The molecule has 0 atom stereocenters. The van der Waals surface area contributed by atoms with Crippen LogP contribution in [0.5, 0.6) is 0 Å². The second kappa shape index (κ2) is 11.1. The number of guanidine groups is 1. The van der Waals surface area contributed by atoms with Crippen molar-refractivity contribution >= 4 is 17.7 Å². The van der Waals surface area contributed by atoms with Crippen LogP contribution in [0.4, 0.5) is 10.5 Å². The molecule has 3 rings (SSSR count). The summed E-state index contributed by atoms with van der Waals surface area (Å²) in [7, 11) is 1.73. The highest BCUT2D eigenvalue weighted by atomic mass is 16.6. The number of carbonyl (C=O) groups is 1. The molecule has 0 bridgehead atoms. The quantitative estimate of drug-likeness (QED) is 0.376. The first kappa shape index (κ1) is 23.8. The first-order chi connectivity index (χ1) is 15.8. The van der Waals surface area contributed by atoms with Crippen LogP contribution in [-0.2, 0) is 17.7 Å². The number of benzene rings is 2. The molecular formula is C24H31N7O2. The van der Waals surface area contributed by atoms with Crippen molar-refractivity contribution in [1.82, 2.24) is 25.4 Å². The summed E-state index contributed by atoms with van der Waals surface area (Å²) in [5.41, 5.74) is 2.31. The Kier molecular flexibility index (Phi) is 8.01. The van der Waals surface area contributed by atoms with Crippen LogP contribution in [0.1, 0.15) is 32.2 Å². The van der Waals surface area contributed by atoms with Crippen molar-refractivity contribution in [3.8, 4) is 5.69 Å².